The van der Waals surface area contributed by atoms with Crippen LogP contribution in [0.3, 0.4) is 0 Å². The van der Waals surface area contributed by atoms with Crippen LogP contribution in [0.1, 0.15) is 48.1 Å². The Morgan fingerprint density at radius 3 is 1.59 bits per heavy atom. The molecule has 4 aromatic carbocycles. The van der Waals surface area contributed by atoms with E-state index in [4.69, 9.17) is 0 Å². The minimum absolute atomic E-state index is 1.16. The standard InChI is InChI=1S/C22H22.C7H8.C5H10/c1-15-9-11-19(13-18(15)4)20-12-10-17(3)22(14-20)21-8-6-5-7-16(21)2;1-7-5-3-2-4-6-7;1-3-5-4-2/h5-14H,1-4H3;2-6H,1H3;3,5H,4H2,1-2H3/b;;5-3-. The van der Waals surface area contributed by atoms with E-state index in [0.29, 0.717) is 0 Å². The van der Waals surface area contributed by atoms with Crippen molar-refractivity contribution in [1.29, 1.82) is 0 Å². The Hall–Kier alpha value is -3.38. The van der Waals surface area contributed by atoms with E-state index in [1.54, 1.807) is 0 Å². The second-order valence-electron chi connectivity index (χ2n) is 8.78. The van der Waals surface area contributed by atoms with Gasteiger partial charge in [-0.3, -0.25) is 0 Å². The van der Waals surface area contributed by atoms with Gasteiger partial charge in [0, 0.05) is 0 Å². The van der Waals surface area contributed by atoms with Crippen LogP contribution in [0.25, 0.3) is 22.3 Å². The van der Waals surface area contributed by atoms with E-state index in [-0.39, 0.29) is 0 Å². The van der Waals surface area contributed by atoms with Gasteiger partial charge in [-0.2, -0.15) is 0 Å². The van der Waals surface area contributed by atoms with E-state index < -0.39 is 0 Å². The highest BCUT2D eigenvalue weighted by Crippen LogP contribution is 2.31. The summed E-state index contributed by atoms with van der Waals surface area (Å²) < 4.78 is 0. The lowest BCUT2D eigenvalue weighted by Gasteiger charge is -2.12. The molecule has 0 heterocycles. The molecular formula is C34H40. The van der Waals surface area contributed by atoms with Crippen LogP contribution in [0, 0.1) is 34.6 Å². The van der Waals surface area contributed by atoms with E-state index >= 15 is 0 Å². The van der Waals surface area contributed by atoms with Gasteiger partial charge < -0.3 is 0 Å². The van der Waals surface area contributed by atoms with Crippen molar-refractivity contribution in [3.05, 3.63) is 131 Å². The number of aryl methyl sites for hydroxylation is 5. The molecule has 0 aliphatic rings. The van der Waals surface area contributed by atoms with Crippen molar-refractivity contribution in [2.24, 2.45) is 0 Å². The molecule has 34 heavy (non-hydrogen) atoms. The van der Waals surface area contributed by atoms with Gasteiger partial charge >= 0.3 is 0 Å². The van der Waals surface area contributed by atoms with Gasteiger partial charge in [-0.15, -0.1) is 0 Å². The summed E-state index contributed by atoms with van der Waals surface area (Å²) in [4.78, 5) is 0. The second kappa shape index (κ2) is 14.0. The molecule has 0 bridgehead atoms. The van der Waals surface area contributed by atoms with Crippen molar-refractivity contribution in [2.45, 2.75) is 54.9 Å². The van der Waals surface area contributed by atoms with E-state index in [1.165, 1.54) is 50.1 Å². The monoisotopic (exact) mass is 448 g/mol. The van der Waals surface area contributed by atoms with Crippen LogP contribution in [-0.2, 0) is 0 Å². The van der Waals surface area contributed by atoms with Crippen molar-refractivity contribution in [2.75, 3.05) is 0 Å². The van der Waals surface area contributed by atoms with Crippen molar-refractivity contribution >= 4 is 0 Å². The Morgan fingerprint density at radius 2 is 1.09 bits per heavy atom. The van der Waals surface area contributed by atoms with Gasteiger partial charge in [0.2, 0.25) is 0 Å². The summed E-state index contributed by atoms with van der Waals surface area (Å²) in [5, 5.41) is 0. The molecule has 0 aliphatic carbocycles. The molecule has 4 aromatic rings. The molecule has 0 amide bonds. The highest BCUT2D eigenvalue weighted by molar-refractivity contribution is 5.77. The molecule has 4 rings (SSSR count). The maximum absolute atomic E-state index is 2.32. The minimum Gasteiger partial charge on any atom is -0.0917 e. The number of rotatable bonds is 3. The van der Waals surface area contributed by atoms with E-state index in [9.17, 15) is 0 Å². The predicted molar refractivity (Wildman–Crippen MR) is 153 cm³/mol. The Kier molecular flexibility index (Phi) is 11.1. The van der Waals surface area contributed by atoms with Gasteiger partial charge in [0.05, 0.1) is 0 Å². The molecule has 0 fully saturated rings. The minimum atomic E-state index is 1.16. The summed E-state index contributed by atoms with van der Waals surface area (Å²) in [5.41, 5.74) is 11.9. The summed E-state index contributed by atoms with van der Waals surface area (Å²) in [6.07, 6.45) is 5.34. The fourth-order valence-electron chi connectivity index (χ4n) is 3.66. The fourth-order valence-corrected chi connectivity index (χ4v) is 3.66. The zero-order chi connectivity index (χ0) is 24.9. The normalized spacial score (nSPS) is 10.2. The van der Waals surface area contributed by atoms with Crippen LogP contribution in [0.5, 0.6) is 0 Å². The van der Waals surface area contributed by atoms with Crippen molar-refractivity contribution in [1.82, 2.24) is 0 Å². The summed E-state index contributed by atoms with van der Waals surface area (Å²) in [7, 11) is 0. The molecule has 0 spiro atoms. The second-order valence-corrected chi connectivity index (χ2v) is 8.78. The maximum Gasteiger partial charge on any atom is -0.0146 e. The number of hydrogen-bond donors (Lipinski definition) is 0. The zero-order valence-corrected chi connectivity index (χ0v) is 22.0. The van der Waals surface area contributed by atoms with E-state index in [1.807, 2.05) is 25.1 Å². The number of allylic oxidation sites excluding steroid dienone is 2. The molecular weight excluding hydrogens is 408 g/mol. The Labute approximate surface area is 208 Å². The number of hydrogen-bond acceptors (Lipinski definition) is 0. The smallest absolute Gasteiger partial charge is 0.0146 e. The first-order valence-electron chi connectivity index (χ1n) is 12.2. The third-order valence-electron chi connectivity index (χ3n) is 5.92. The van der Waals surface area contributed by atoms with E-state index in [0.717, 1.165) is 6.42 Å². The average Bonchev–Trinajstić information content (AvgIpc) is 2.84. The molecule has 0 radical (unpaired) electrons. The van der Waals surface area contributed by atoms with Crippen LogP contribution in [-0.4, -0.2) is 0 Å². The molecule has 0 saturated carbocycles. The molecule has 0 aliphatic heterocycles. The quantitative estimate of drug-likeness (QED) is 0.273. The molecule has 0 unspecified atom stereocenters. The summed E-state index contributed by atoms with van der Waals surface area (Å²) >= 11 is 0. The Balaban J connectivity index is 0.000000280. The SMILES string of the molecule is C/C=C\CC.Cc1ccc(-c2ccc(C)c(-c3ccccc3C)c2)cc1C.Cc1ccccc1. The first-order chi connectivity index (χ1) is 16.4. The van der Waals surface area contributed by atoms with Crippen molar-refractivity contribution in [3.8, 4) is 22.3 Å². The molecule has 0 nitrogen and oxygen atoms in total. The van der Waals surface area contributed by atoms with Gasteiger partial charge in [0.25, 0.3) is 0 Å². The highest BCUT2D eigenvalue weighted by Gasteiger charge is 2.07. The first-order valence-corrected chi connectivity index (χ1v) is 12.2. The molecule has 0 heteroatoms. The first kappa shape index (κ1) is 26.9. The van der Waals surface area contributed by atoms with Crippen LogP contribution in [0.2, 0.25) is 0 Å². The zero-order valence-electron chi connectivity index (χ0n) is 22.0. The van der Waals surface area contributed by atoms with Gasteiger partial charge in [0.15, 0.2) is 0 Å². The molecule has 0 aromatic heterocycles. The van der Waals surface area contributed by atoms with E-state index in [2.05, 4.69) is 126 Å². The van der Waals surface area contributed by atoms with Crippen molar-refractivity contribution < 1.29 is 0 Å². The third kappa shape index (κ3) is 8.19. The summed E-state index contributed by atoms with van der Waals surface area (Å²) in [5.74, 6) is 0. The van der Waals surface area contributed by atoms with Crippen LogP contribution in [0.4, 0.5) is 0 Å². The van der Waals surface area contributed by atoms with Gasteiger partial charge in [-0.1, -0.05) is 110 Å². The Bertz CT molecular complexity index is 1180. The third-order valence-corrected chi connectivity index (χ3v) is 5.92. The average molecular weight is 449 g/mol. The predicted octanol–water partition coefficient (Wildman–Crippen LogP) is 10.2. The summed E-state index contributed by atoms with van der Waals surface area (Å²) in [6, 6.07) is 32.3. The largest absolute Gasteiger partial charge is 0.0917 e. The maximum atomic E-state index is 2.32. The fraction of sp³-hybridized carbons (Fsp3) is 0.235. The Morgan fingerprint density at radius 1 is 0.529 bits per heavy atom. The van der Waals surface area contributed by atoms with Crippen LogP contribution < -0.4 is 0 Å². The van der Waals surface area contributed by atoms with Gasteiger partial charge in [0.1, 0.15) is 0 Å². The topological polar surface area (TPSA) is 0 Å². The highest BCUT2D eigenvalue weighted by atomic mass is 14.1. The molecule has 176 valence electrons. The van der Waals surface area contributed by atoms with Gasteiger partial charge in [-0.05, 0) is 98.5 Å². The van der Waals surface area contributed by atoms with Crippen LogP contribution >= 0.6 is 0 Å². The molecule has 0 atom stereocenters. The number of benzene rings is 4. The van der Waals surface area contributed by atoms with Crippen LogP contribution in [0.15, 0.2) is 103 Å². The lowest BCUT2D eigenvalue weighted by Crippen LogP contribution is -1.89. The lowest BCUT2D eigenvalue weighted by molar-refractivity contribution is 1.22. The molecule has 0 saturated heterocycles. The lowest BCUT2D eigenvalue weighted by atomic mass is 9.92. The van der Waals surface area contributed by atoms with Gasteiger partial charge in [-0.25, -0.2) is 0 Å². The molecule has 0 N–H and O–H groups in total. The van der Waals surface area contributed by atoms with Crippen molar-refractivity contribution in [3.63, 3.8) is 0 Å². The summed E-state index contributed by atoms with van der Waals surface area (Å²) in [6.45, 7) is 14.9.